The maximum absolute atomic E-state index is 13.7. The minimum Gasteiger partial charge on any atom is -0.485 e. The highest BCUT2D eigenvalue weighted by atomic mass is 35.5. The van der Waals surface area contributed by atoms with Crippen LogP contribution >= 0.6 is 11.6 Å². The van der Waals surface area contributed by atoms with Crippen molar-refractivity contribution in [3.05, 3.63) is 64.5 Å². The lowest BCUT2D eigenvalue weighted by Crippen LogP contribution is -2.50. The molecular formula is C28H34ClN5O7S. The number of aliphatic hydroxyl groups excluding tert-OH is 1. The molecular weight excluding hydrogens is 586 g/mol. The topological polar surface area (TPSA) is 154 Å². The van der Waals surface area contributed by atoms with E-state index in [4.69, 9.17) is 20.9 Å². The third-order valence-corrected chi connectivity index (χ3v) is 8.76. The molecule has 3 atom stereocenters. The van der Waals surface area contributed by atoms with Crippen LogP contribution in [0.3, 0.4) is 0 Å². The Kier molecular flexibility index (Phi) is 9.34. The summed E-state index contributed by atoms with van der Waals surface area (Å²) in [4.78, 5) is 29.7. The molecule has 3 aromatic rings. The number of benzene rings is 2. The van der Waals surface area contributed by atoms with E-state index < -0.39 is 34.1 Å². The first-order chi connectivity index (χ1) is 19.8. The van der Waals surface area contributed by atoms with Gasteiger partial charge in [-0.05, 0) is 57.2 Å². The van der Waals surface area contributed by atoms with E-state index in [1.165, 1.54) is 46.2 Å². The van der Waals surface area contributed by atoms with Crippen molar-refractivity contribution in [2.75, 3.05) is 36.8 Å². The second kappa shape index (κ2) is 12.6. The molecule has 0 saturated carbocycles. The minimum absolute atomic E-state index is 0.0197. The monoisotopic (exact) mass is 619 g/mol. The molecule has 0 radical (unpaired) electrons. The lowest BCUT2D eigenvalue weighted by molar-refractivity contribution is 0.0373. The third-order valence-electron chi connectivity index (χ3n) is 7.13. The molecule has 12 nitrogen and oxygen atoms in total. The summed E-state index contributed by atoms with van der Waals surface area (Å²) >= 11 is 5.93. The summed E-state index contributed by atoms with van der Waals surface area (Å²) in [6.07, 6.45) is -0.674. The number of fused-ring (bicyclic) bond motifs is 1. The largest absolute Gasteiger partial charge is 0.485 e. The quantitative estimate of drug-likeness (QED) is 0.340. The zero-order chi connectivity index (χ0) is 30.8. The molecule has 2 heterocycles. The molecule has 0 spiro atoms. The van der Waals surface area contributed by atoms with Gasteiger partial charge in [-0.3, -0.25) is 9.52 Å². The number of aryl methyl sites for hydroxylation is 2. The molecule has 0 fully saturated rings. The molecule has 4 rings (SSSR count). The Morgan fingerprint density at radius 3 is 2.55 bits per heavy atom. The van der Waals surface area contributed by atoms with Crippen LogP contribution in [-0.2, 0) is 10.0 Å². The average Bonchev–Trinajstić information content (AvgIpc) is 3.26. The molecule has 14 heteroatoms. The van der Waals surface area contributed by atoms with Crippen molar-refractivity contribution in [2.24, 2.45) is 5.92 Å². The van der Waals surface area contributed by atoms with E-state index in [2.05, 4.69) is 15.2 Å². The molecule has 42 heavy (non-hydrogen) atoms. The van der Waals surface area contributed by atoms with Crippen LogP contribution in [-0.4, -0.2) is 79.3 Å². The highest BCUT2D eigenvalue weighted by molar-refractivity contribution is 7.92. The van der Waals surface area contributed by atoms with Gasteiger partial charge in [0, 0.05) is 24.5 Å². The van der Waals surface area contributed by atoms with Gasteiger partial charge in [-0.2, -0.15) is 0 Å². The number of aliphatic hydroxyl groups is 1. The van der Waals surface area contributed by atoms with Crippen molar-refractivity contribution < 1.29 is 32.4 Å². The number of likely N-dealkylation sites (N-methyl/N-ethyl adjacent to an activating group) is 1. The number of urea groups is 1. The normalized spacial score (nSPS) is 17.9. The molecule has 0 saturated heterocycles. The van der Waals surface area contributed by atoms with Gasteiger partial charge in [0.05, 0.1) is 35.3 Å². The predicted octanol–water partition coefficient (Wildman–Crippen LogP) is 4.13. The van der Waals surface area contributed by atoms with E-state index in [0.717, 1.165) is 0 Å². The van der Waals surface area contributed by atoms with Crippen LogP contribution in [0.25, 0.3) is 0 Å². The van der Waals surface area contributed by atoms with E-state index in [1.807, 2.05) is 6.92 Å². The number of para-hydroxylation sites is 1. The van der Waals surface area contributed by atoms with Gasteiger partial charge in [0.25, 0.3) is 15.9 Å². The number of sulfonamides is 1. The van der Waals surface area contributed by atoms with Gasteiger partial charge in [-0.25, -0.2) is 13.2 Å². The lowest BCUT2D eigenvalue weighted by atomic mass is 9.99. The van der Waals surface area contributed by atoms with Gasteiger partial charge in [0.2, 0.25) is 0 Å². The van der Waals surface area contributed by atoms with Crippen molar-refractivity contribution in [2.45, 2.75) is 44.7 Å². The Labute approximate surface area is 249 Å². The first kappa shape index (κ1) is 31.1. The van der Waals surface area contributed by atoms with E-state index >= 15 is 0 Å². The van der Waals surface area contributed by atoms with Gasteiger partial charge in [-0.1, -0.05) is 29.7 Å². The SMILES string of the molecule is Cc1noc(C)c1NC(=O)N(C)C[C@@H]1Oc2c(NS(=O)(=O)c3ccc(Cl)cc3)cccc2C(=O)N([C@H](C)CO)C[C@@H]1C. The fourth-order valence-electron chi connectivity index (χ4n) is 4.58. The van der Waals surface area contributed by atoms with Crippen LogP contribution in [0.5, 0.6) is 5.75 Å². The number of nitrogens with zero attached hydrogens (tertiary/aromatic N) is 3. The number of ether oxygens (including phenoxy) is 1. The second-order valence-corrected chi connectivity index (χ2v) is 12.5. The predicted molar refractivity (Wildman–Crippen MR) is 157 cm³/mol. The number of amides is 3. The number of anilines is 2. The summed E-state index contributed by atoms with van der Waals surface area (Å²) in [5.41, 5.74) is 1.17. The molecule has 0 unspecified atom stereocenters. The second-order valence-electron chi connectivity index (χ2n) is 10.4. The standard InChI is InChI=1S/C28H34ClN5O7S/c1-16-13-34(17(2)15-35)27(36)22-7-6-8-23(32-42(38,39)21-11-9-20(29)10-12-21)26(22)40-24(16)14-33(5)28(37)30-25-18(3)31-41-19(25)4/h6-12,16-17,24,32,35H,13-15H2,1-5H3,(H,30,37)/t16-,17+,24-/m0/s1. The highest BCUT2D eigenvalue weighted by Crippen LogP contribution is 2.36. The molecule has 226 valence electrons. The first-order valence-corrected chi connectivity index (χ1v) is 15.1. The van der Waals surface area contributed by atoms with Crippen LogP contribution < -0.4 is 14.8 Å². The summed E-state index contributed by atoms with van der Waals surface area (Å²) in [7, 11) is -2.49. The number of carbonyl (C=O) groups is 2. The molecule has 0 bridgehead atoms. The Bertz CT molecular complexity index is 1540. The maximum atomic E-state index is 13.7. The Morgan fingerprint density at radius 2 is 1.93 bits per heavy atom. The number of nitrogens with one attached hydrogen (secondary N) is 2. The van der Waals surface area contributed by atoms with Crippen LogP contribution in [0.15, 0.2) is 51.9 Å². The zero-order valence-electron chi connectivity index (χ0n) is 23.9. The summed E-state index contributed by atoms with van der Waals surface area (Å²) in [6, 6.07) is 9.27. The molecule has 0 aliphatic carbocycles. The lowest BCUT2D eigenvalue weighted by Gasteiger charge is -2.38. The number of carbonyl (C=O) groups excluding carboxylic acids is 2. The number of rotatable bonds is 8. The molecule has 1 aliphatic rings. The Balaban J connectivity index is 1.70. The molecule has 2 aromatic carbocycles. The maximum Gasteiger partial charge on any atom is 0.321 e. The summed E-state index contributed by atoms with van der Waals surface area (Å²) in [6.45, 7) is 7.02. The minimum atomic E-state index is -4.08. The van der Waals surface area contributed by atoms with Gasteiger partial charge >= 0.3 is 6.03 Å². The van der Waals surface area contributed by atoms with Gasteiger partial charge in [-0.15, -0.1) is 0 Å². The summed E-state index contributed by atoms with van der Waals surface area (Å²) in [5, 5.41) is 16.9. The van der Waals surface area contributed by atoms with E-state index in [0.29, 0.717) is 22.2 Å². The molecule has 1 aromatic heterocycles. The van der Waals surface area contributed by atoms with Crippen LogP contribution in [0.4, 0.5) is 16.2 Å². The van der Waals surface area contributed by atoms with Gasteiger partial charge < -0.3 is 29.5 Å². The number of aromatic nitrogens is 1. The van der Waals surface area contributed by atoms with E-state index in [9.17, 15) is 23.1 Å². The fraction of sp³-hybridized carbons (Fsp3) is 0.393. The van der Waals surface area contributed by atoms with E-state index in [1.54, 1.807) is 33.9 Å². The molecule has 1 aliphatic heterocycles. The van der Waals surface area contributed by atoms with E-state index in [-0.39, 0.29) is 47.5 Å². The van der Waals surface area contributed by atoms with Crippen LogP contribution in [0.2, 0.25) is 5.02 Å². The number of hydrogen-bond acceptors (Lipinski definition) is 8. The average molecular weight is 620 g/mol. The first-order valence-electron chi connectivity index (χ1n) is 13.3. The zero-order valence-corrected chi connectivity index (χ0v) is 25.5. The van der Waals surface area contributed by atoms with Gasteiger partial charge in [0.1, 0.15) is 17.5 Å². The number of halogens is 1. The molecule has 3 amide bonds. The van der Waals surface area contributed by atoms with Crippen molar-refractivity contribution in [1.82, 2.24) is 15.0 Å². The Hall–Kier alpha value is -3.81. The summed E-state index contributed by atoms with van der Waals surface area (Å²) in [5.74, 6) is -0.269. The molecule has 3 N–H and O–H groups in total. The fourth-order valence-corrected chi connectivity index (χ4v) is 5.76. The van der Waals surface area contributed by atoms with Crippen molar-refractivity contribution in [1.29, 1.82) is 0 Å². The van der Waals surface area contributed by atoms with Crippen LogP contribution in [0.1, 0.15) is 35.7 Å². The number of hydrogen-bond donors (Lipinski definition) is 3. The van der Waals surface area contributed by atoms with Crippen molar-refractivity contribution in [3.8, 4) is 5.75 Å². The highest BCUT2D eigenvalue weighted by Gasteiger charge is 2.35. The van der Waals surface area contributed by atoms with Crippen LogP contribution in [0, 0.1) is 19.8 Å². The van der Waals surface area contributed by atoms with Crippen molar-refractivity contribution in [3.63, 3.8) is 0 Å². The Morgan fingerprint density at radius 1 is 1.24 bits per heavy atom. The summed E-state index contributed by atoms with van der Waals surface area (Å²) < 4.78 is 40.6. The third kappa shape index (κ3) is 6.63. The van der Waals surface area contributed by atoms with Gasteiger partial charge in [0.15, 0.2) is 11.5 Å². The smallest absolute Gasteiger partial charge is 0.321 e. The van der Waals surface area contributed by atoms with Crippen molar-refractivity contribution >= 4 is 44.9 Å².